The summed E-state index contributed by atoms with van der Waals surface area (Å²) in [5.74, 6) is 8.19. The van der Waals surface area contributed by atoms with Gasteiger partial charge in [-0.2, -0.15) is 11.8 Å². The summed E-state index contributed by atoms with van der Waals surface area (Å²) >= 11 is 2.07. The predicted molar refractivity (Wildman–Crippen MR) is 147 cm³/mol. The molecule has 1 fully saturated rings. The Morgan fingerprint density at radius 2 is 1.53 bits per heavy atom. The van der Waals surface area contributed by atoms with Gasteiger partial charge in [-0.15, -0.1) is 0 Å². The molecule has 2 aromatic carbocycles. The van der Waals surface area contributed by atoms with Crippen molar-refractivity contribution in [3.8, 4) is 11.8 Å². The third kappa shape index (κ3) is 8.08. The zero-order chi connectivity index (χ0) is 25.2. The summed E-state index contributed by atoms with van der Waals surface area (Å²) in [6.45, 7) is 0.833. The van der Waals surface area contributed by atoms with Crippen LogP contribution in [0.4, 0.5) is 0 Å². The molecule has 1 aliphatic heterocycles. The lowest BCUT2D eigenvalue weighted by Crippen LogP contribution is -2.48. The van der Waals surface area contributed by atoms with Crippen LogP contribution in [-0.2, 0) is 16.0 Å². The molecule has 36 heavy (non-hydrogen) atoms. The zero-order valence-electron chi connectivity index (χ0n) is 20.5. The van der Waals surface area contributed by atoms with Crippen LogP contribution in [0.3, 0.4) is 0 Å². The molecule has 1 N–H and O–H groups in total. The van der Waals surface area contributed by atoms with E-state index in [1.807, 2.05) is 0 Å². The normalized spacial score (nSPS) is 14.1. The molecular formula is C30H37NO4S. The Morgan fingerprint density at radius 1 is 0.972 bits per heavy atom. The monoisotopic (exact) mass is 507 g/mol. The van der Waals surface area contributed by atoms with Gasteiger partial charge < -0.3 is 10.0 Å². The van der Waals surface area contributed by atoms with Crippen LogP contribution in [0.1, 0.15) is 67.1 Å². The highest BCUT2D eigenvalue weighted by Gasteiger charge is 2.32. The molecule has 5 nitrogen and oxygen atoms in total. The topological polar surface area (TPSA) is 74.7 Å². The highest BCUT2D eigenvalue weighted by molar-refractivity contribution is 7.99. The van der Waals surface area contributed by atoms with Gasteiger partial charge in [-0.05, 0) is 85.1 Å². The first-order chi connectivity index (χ1) is 16.9. The van der Waals surface area contributed by atoms with Crippen LogP contribution < -0.4 is 0 Å². The minimum Gasteiger partial charge on any atom is -0.388 e. The van der Waals surface area contributed by atoms with Gasteiger partial charge in [0, 0.05) is 30.2 Å². The number of benzene rings is 2. The molecule has 1 amide bonds. The fourth-order valence-electron chi connectivity index (χ4n) is 4.21. The average molecular weight is 508 g/mol. The number of ketones is 2. The Hall–Kier alpha value is -2.88. The second-order valence-corrected chi connectivity index (χ2v) is 10.1. The maximum Gasteiger partial charge on any atom is 0.254 e. The lowest BCUT2D eigenvalue weighted by atomic mass is 9.94. The molecule has 1 atom stereocenters. The van der Waals surface area contributed by atoms with Crippen molar-refractivity contribution in [2.24, 2.45) is 5.92 Å². The lowest BCUT2D eigenvalue weighted by molar-refractivity contribution is -0.134. The molecule has 192 valence electrons. The SMILES string of the molecule is C.CCC(=O)C(C(=O)CO)N(C)C(=O)c1ccc(C#Cc2ccc(CCC3CCSCC3)cc2)cc1. The molecule has 3 rings (SSSR count). The van der Waals surface area contributed by atoms with Gasteiger partial charge in [-0.25, -0.2) is 0 Å². The van der Waals surface area contributed by atoms with Crippen molar-refractivity contribution in [2.75, 3.05) is 25.2 Å². The van der Waals surface area contributed by atoms with Gasteiger partial charge in [0.05, 0.1) is 0 Å². The Morgan fingerprint density at radius 3 is 2.06 bits per heavy atom. The number of amides is 1. The van der Waals surface area contributed by atoms with Crippen LogP contribution in [-0.4, -0.2) is 58.7 Å². The quantitative estimate of drug-likeness (QED) is 0.391. The molecule has 0 aliphatic carbocycles. The average Bonchev–Trinajstić information content (AvgIpc) is 2.91. The van der Waals surface area contributed by atoms with Crippen molar-refractivity contribution in [2.45, 2.75) is 52.5 Å². The number of hydrogen-bond acceptors (Lipinski definition) is 5. The first-order valence-electron chi connectivity index (χ1n) is 12.1. The first kappa shape index (κ1) is 29.4. The Bertz CT molecular complexity index is 1060. The van der Waals surface area contributed by atoms with Crippen molar-refractivity contribution in [1.82, 2.24) is 4.90 Å². The molecule has 1 heterocycles. The van der Waals surface area contributed by atoms with Crippen LogP contribution in [0.25, 0.3) is 0 Å². The Kier molecular flexibility index (Phi) is 11.9. The number of aliphatic hydroxyl groups is 1. The standard InChI is InChI=1S/C29H33NO4S.CH4/c1-3-26(32)28(27(33)20-31)30(2)29(34)25-14-12-23(13-15-25)9-8-21-4-6-22(7-5-21)10-11-24-16-18-35-19-17-24;/h4-7,12-15,24,28,31H,3,10-11,16-20H2,1-2H3;1H4. The van der Waals surface area contributed by atoms with E-state index in [1.165, 1.54) is 43.4 Å². The molecule has 0 bridgehead atoms. The van der Waals surface area contributed by atoms with E-state index in [0.717, 1.165) is 28.4 Å². The molecule has 0 aromatic heterocycles. The van der Waals surface area contributed by atoms with Gasteiger partial charge in [0.1, 0.15) is 6.61 Å². The van der Waals surface area contributed by atoms with E-state index in [-0.39, 0.29) is 13.8 Å². The van der Waals surface area contributed by atoms with E-state index in [9.17, 15) is 19.5 Å². The smallest absolute Gasteiger partial charge is 0.254 e. The molecule has 1 saturated heterocycles. The summed E-state index contributed by atoms with van der Waals surface area (Å²) < 4.78 is 0. The van der Waals surface area contributed by atoms with Crippen molar-refractivity contribution in [3.05, 3.63) is 70.8 Å². The molecular weight excluding hydrogens is 470 g/mol. The minimum atomic E-state index is -1.28. The van der Waals surface area contributed by atoms with Gasteiger partial charge in [0.15, 0.2) is 17.6 Å². The minimum absolute atomic E-state index is 0. The van der Waals surface area contributed by atoms with E-state index >= 15 is 0 Å². The number of hydrogen-bond donors (Lipinski definition) is 1. The molecule has 0 saturated carbocycles. The molecule has 6 heteroatoms. The third-order valence-corrected chi connectivity index (χ3v) is 7.49. The van der Waals surface area contributed by atoms with Crippen LogP contribution in [0.2, 0.25) is 0 Å². The van der Waals surface area contributed by atoms with E-state index in [1.54, 1.807) is 31.2 Å². The second kappa shape index (κ2) is 14.6. The van der Waals surface area contributed by atoms with Gasteiger partial charge in [0.2, 0.25) is 0 Å². The van der Waals surface area contributed by atoms with Crippen LogP contribution in [0.5, 0.6) is 0 Å². The number of carbonyl (C=O) groups excluding carboxylic acids is 3. The number of thioether (sulfide) groups is 1. The number of carbonyl (C=O) groups is 3. The summed E-state index contributed by atoms with van der Waals surface area (Å²) in [6, 6.07) is 13.9. The Labute approximate surface area is 219 Å². The summed E-state index contributed by atoms with van der Waals surface area (Å²) in [4.78, 5) is 38.1. The maximum absolute atomic E-state index is 12.8. The third-order valence-electron chi connectivity index (χ3n) is 6.44. The van der Waals surface area contributed by atoms with Crippen molar-refractivity contribution in [3.63, 3.8) is 0 Å². The van der Waals surface area contributed by atoms with E-state index in [2.05, 4.69) is 47.9 Å². The summed E-state index contributed by atoms with van der Waals surface area (Å²) in [7, 11) is 1.40. The molecule has 1 aliphatic rings. The van der Waals surface area contributed by atoms with Crippen molar-refractivity contribution < 1.29 is 19.5 Å². The number of nitrogens with zero attached hydrogens (tertiary/aromatic N) is 1. The first-order valence-corrected chi connectivity index (χ1v) is 13.3. The van der Waals surface area contributed by atoms with Crippen molar-refractivity contribution >= 4 is 29.2 Å². The van der Waals surface area contributed by atoms with E-state index in [0.29, 0.717) is 5.56 Å². The molecule has 2 aromatic rings. The van der Waals surface area contributed by atoms with E-state index in [4.69, 9.17) is 0 Å². The van der Waals surface area contributed by atoms with Gasteiger partial charge in [0.25, 0.3) is 5.91 Å². The predicted octanol–water partition coefficient (Wildman–Crippen LogP) is 4.78. The maximum atomic E-state index is 12.8. The summed E-state index contributed by atoms with van der Waals surface area (Å²) in [6.07, 6.45) is 5.15. The number of rotatable bonds is 9. The van der Waals surface area contributed by atoms with Crippen molar-refractivity contribution in [1.29, 1.82) is 0 Å². The zero-order valence-corrected chi connectivity index (χ0v) is 21.3. The number of aliphatic hydroxyl groups excluding tert-OH is 1. The van der Waals surface area contributed by atoms with E-state index < -0.39 is 30.1 Å². The second-order valence-electron chi connectivity index (χ2n) is 8.88. The highest BCUT2D eigenvalue weighted by atomic mass is 32.2. The van der Waals surface area contributed by atoms with Crippen LogP contribution in [0.15, 0.2) is 48.5 Å². The fraction of sp³-hybridized carbons (Fsp3) is 0.433. The molecule has 0 spiro atoms. The molecule has 0 radical (unpaired) electrons. The van der Waals surface area contributed by atoms with Crippen LogP contribution >= 0.6 is 11.8 Å². The van der Waals surface area contributed by atoms with Gasteiger partial charge >= 0.3 is 0 Å². The fourth-order valence-corrected chi connectivity index (χ4v) is 5.42. The van der Waals surface area contributed by atoms with Gasteiger partial charge in [-0.3, -0.25) is 14.4 Å². The summed E-state index contributed by atoms with van der Waals surface area (Å²) in [5, 5.41) is 9.18. The number of aryl methyl sites for hydroxylation is 1. The number of Topliss-reactive ketones (excluding diaryl/α,β-unsaturated/α-hetero) is 2. The van der Waals surface area contributed by atoms with Gasteiger partial charge in [-0.1, -0.05) is 38.3 Å². The largest absolute Gasteiger partial charge is 0.388 e. The Balaban J connectivity index is 0.00000456. The summed E-state index contributed by atoms with van der Waals surface area (Å²) in [5.41, 5.74) is 3.39. The lowest BCUT2D eigenvalue weighted by Gasteiger charge is -2.25. The highest BCUT2D eigenvalue weighted by Crippen LogP contribution is 2.26. The number of likely N-dealkylation sites (N-methyl/N-ethyl adjacent to an activating group) is 1. The van der Waals surface area contributed by atoms with Crippen LogP contribution in [0, 0.1) is 17.8 Å². The molecule has 1 unspecified atom stereocenters.